The zero-order chi connectivity index (χ0) is 42.3. The lowest BCUT2D eigenvalue weighted by Crippen LogP contribution is -2.11. The van der Waals surface area contributed by atoms with Crippen LogP contribution in [0, 0.1) is 0 Å². The minimum Gasteiger partial charge on any atom is -0.455 e. The average molecular weight is 757 g/mol. The molecule has 0 fully saturated rings. The van der Waals surface area contributed by atoms with Gasteiger partial charge in [0.15, 0.2) is 0 Å². The van der Waals surface area contributed by atoms with Gasteiger partial charge >= 0.3 is 0 Å². The lowest BCUT2D eigenvalue weighted by atomic mass is 9.97. The van der Waals surface area contributed by atoms with Crippen molar-refractivity contribution in [3.63, 3.8) is 0 Å². The average Bonchev–Trinajstić information content (AvgIpc) is 3.89. The molecular formula is C56H36N2O. The quantitative estimate of drug-likeness (QED) is 0.168. The highest BCUT2D eigenvalue weighted by Crippen LogP contribution is 2.44. The molecule has 59 heavy (non-hydrogen) atoms. The number of aromatic nitrogens is 1. The first-order valence-electron chi connectivity index (χ1n) is 21.8. The van der Waals surface area contributed by atoms with E-state index < -0.39 is 0 Å². The maximum absolute atomic E-state index is 9.84. The molecule has 0 atom stereocenters. The molecule has 0 amide bonds. The fraction of sp³-hybridized carbons (Fsp3) is 0. The van der Waals surface area contributed by atoms with Crippen LogP contribution < -0.4 is 4.90 Å². The lowest BCUT2D eigenvalue weighted by molar-refractivity contribution is 0.672. The van der Waals surface area contributed by atoms with Crippen LogP contribution in [0.1, 0.15) is 5.48 Å². The molecule has 3 heteroatoms. The second-order valence-corrected chi connectivity index (χ2v) is 15.0. The highest BCUT2D eigenvalue weighted by Gasteiger charge is 2.20. The van der Waals surface area contributed by atoms with Crippen molar-refractivity contribution in [3.05, 3.63) is 218 Å². The number of furan rings is 1. The Morgan fingerprint density at radius 1 is 0.407 bits per heavy atom. The first-order chi connectivity index (χ1) is 30.9. The van der Waals surface area contributed by atoms with Crippen molar-refractivity contribution in [2.24, 2.45) is 0 Å². The number of para-hydroxylation sites is 4. The Bertz CT molecular complexity index is 3730. The molecule has 0 aliphatic rings. The summed E-state index contributed by atoms with van der Waals surface area (Å²) in [4.78, 5) is 1.89. The van der Waals surface area contributed by atoms with E-state index in [-0.39, 0.29) is 35.5 Å². The monoisotopic (exact) mass is 756 g/mol. The number of benzene rings is 10. The molecule has 0 aliphatic heterocycles. The van der Waals surface area contributed by atoms with Crippen molar-refractivity contribution in [1.29, 1.82) is 0 Å². The molecule has 0 bridgehead atoms. The second kappa shape index (κ2) is 13.4. The highest BCUT2D eigenvalue weighted by atomic mass is 16.3. The van der Waals surface area contributed by atoms with Gasteiger partial charge in [-0.25, -0.2) is 0 Å². The third-order valence-electron chi connectivity index (χ3n) is 11.7. The molecule has 2 heterocycles. The van der Waals surface area contributed by atoms with Crippen molar-refractivity contribution in [3.8, 4) is 27.9 Å². The summed E-state index contributed by atoms with van der Waals surface area (Å²) in [6.45, 7) is 0. The van der Waals surface area contributed by atoms with Crippen LogP contribution in [0.5, 0.6) is 0 Å². The largest absolute Gasteiger partial charge is 0.455 e. The van der Waals surface area contributed by atoms with E-state index in [1.807, 2.05) is 119 Å². The van der Waals surface area contributed by atoms with Gasteiger partial charge in [0.05, 0.1) is 22.2 Å². The van der Waals surface area contributed by atoms with Crippen LogP contribution in [0.25, 0.3) is 93.2 Å². The summed E-state index contributed by atoms with van der Waals surface area (Å²) in [5.41, 5.74) is 8.89. The fourth-order valence-electron chi connectivity index (χ4n) is 8.83. The van der Waals surface area contributed by atoms with Crippen LogP contribution in [0.4, 0.5) is 17.1 Å². The summed E-state index contributed by atoms with van der Waals surface area (Å²) in [6.07, 6.45) is 0. The predicted molar refractivity (Wildman–Crippen MR) is 249 cm³/mol. The number of hydrogen-bond donors (Lipinski definition) is 0. The summed E-state index contributed by atoms with van der Waals surface area (Å²) >= 11 is 0. The standard InChI is InChI=1S/C56H36N2O/c1-2-12-40-35-41(23-21-37(40)11-1)38-25-28-43(29-26-38)57(44-30-32-45(33-31-44)58-53-18-8-4-14-47(53)48-15-5-9-19-54(48)58)52-17-7-3-13-46(52)42-24-22-39-27-34-50-49-16-6-10-20-55(49)59-56(50)51(39)36-42/h1-36H/i30D,31D,32D,33D. The third kappa shape index (κ3) is 5.44. The van der Waals surface area contributed by atoms with E-state index in [1.54, 1.807) is 0 Å². The maximum Gasteiger partial charge on any atom is 0.143 e. The zero-order valence-electron chi connectivity index (χ0n) is 35.8. The number of rotatable bonds is 6. The molecule has 10 aromatic carbocycles. The molecule has 0 saturated heterocycles. The Balaban J connectivity index is 1.08. The van der Waals surface area contributed by atoms with Gasteiger partial charge in [0.1, 0.15) is 11.2 Å². The number of hydrogen-bond acceptors (Lipinski definition) is 2. The zero-order valence-corrected chi connectivity index (χ0v) is 31.8. The second-order valence-electron chi connectivity index (χ2n) is 15.0. The van der Waals surface area contributed by atoms with E-state index in [4.69, 9.17) is 4.42 Å². The van der Waals surface area contributed by atoms with Gasteiger partial charge in [0, 0.05) is 49.6 Å². The Kier molecular flexibility index (Phi) is 6.65. The van der Waals surface area contributed by atoms with E-state index >= 15 is 0 Å². The smallest absolute Gasteiger partial charge is 0.143 e. The molecule has 3 nitrogen and oxygen atoms in total. The van der Waals surface area contributed by atoms with Crippen LogP contribution >= 0.6 is 0 Å². The summed E-state index contributed by atoms with van der Waals surface area (Å²) in [5.74, 6) is 0. The fourth-order valence-corrected chi connectivity index (χ4v) is 8.83. The highest BCUT2D eigenvalue weighted by molar-refractivity contribution is 6.16. The van der Waals surface area contributed by atoms with E-state index in [1.165, 1.54) is 5.39 Å². The van der Waals surface area contributed by atoms with Gasteiger partial charge in [-0.3, -0.25) is 0 Å². The maximum atomic E-state index is 9.84. The van der Waals surface area contributed by atoms with Gasteiger partial charge in [-0.1, -0.05) is 140 Å². The molecule has 0 N–H and O–H groups in total. The Labute approximate surface area is 346 Å². The molecule has 0 spiro atoms. The Hall–Kier alpha value is -7.88. The van der Waals surface area contributed by atoms with Crippen LogP contribution in [0.15, 0.2) is 223 Å². The van der Waals surface area contributed by atoms with Crippen molar-refractivity contribution >= 4 is 82.4 Å². The number of anilines is 3. The van der Waals surface area contributed by atoms with Gasteiger partial charge < -0.3 is 13.9 Å². The molecule has 0 aliphatic carbocycles. The van der Waals surface area contributed by atoms with Crippen LogP contribution in [0.3, 0.4) is 0 Å². The van der Waals surface area contributed by atoms with E-state index in [0.717, 1.165) is 82.2 Å². The lowest BCUT2D eigenvalue weighted by Gasteiger charge is -2.28. The molecule has 0 saturated carbocycles. The topological polar surface area (TPSA) is 21.3 Å². The Morgan fingerprint density at radius 2 is 1.02 bits per heavy atom. The molecule has 12 rings (SSSR count). The SMILES string of the molecule is [2H]c1c([2H])c(-n2c3ccccc3c3ccccc32)c([2H])c([2H])c1N(c1ccc(-c2ccc3ccccc3c2)cc1)c1ccccc1-c1ccc2ccc3c4ccccc4oc3c2c1. The molecule has 276 valence electrons. The van der Waals surface area contributed by atoms with Gasteiger partial charge in [-0.2, -0.15) is 0 Å². The number of nitrogens with zero attached hydrogens (tertiary/aromatic N) is 2. The van der Waals surface area contributed by atoms with E-state index in [0.29, 0.717) is 11.4 Å². The van der Waals surface area contributed by atoms with Crippen molar-refractivity contribution in [2.45, 2.75) is 0 Å². The van der Waals surface area contributed by atoms with Crippen molar-refractivity contribution in [1.82, 2.24) is 4.57 Å². The minimum atomic E-state index is -0.149. The van der Waals surface area contributed by atoms with Gasteiger partial charge in [0.25, 0.3) is 0 Å². The molecule has 2 aromatic heterocycles. The van der Waals surface area contributed by atoms with Crippen molar-refractivity contribution < 1.29 is 9.90 Å². The van der Waals surface area contributed by atoms with E-state index in [9.17, 15) is 5.48 Å². The summed E-state index contributed by atoms with van der Waals surface area (Å²) in [6, 6.07) is 64.8. The first kappa shape index (κ1) is 29.4. The predicted octanol–water partition coefficient (Wildman–Crippen LogP) is 15.8. The van der Waals surface area contributed by atoms with Crippen LogP contribution in [0.2, 0.25) is 0 Å². The Morgan fingerprint density at radius 3 is 1.81 bits per heavy atom. The van der Waals surface area contributed by atoms with Crippen LogP contribution in [-0.2, 0) is 0 Å². The summed E-state index contributed by atoms with van der Waals surface area (Å²) in [7, 11) is 0. The first-order valence-corrected chi connectivity index (χ1v) is 19.8. The summed E-state index contributed by atoms with van der Waals surface area (Å²) in [5, 5.41) is 8.40. The number of fused-ring (bicyclic) bond motifs is 9. The van der Waals surface area contributed by atoms with E-state index in [2.05, 4.69) is 84.9 Å². The van der Waals surface area contributed by atoms with Crippen molar-refractivity contribution in [2.75, 3.05) is 4.90 Å². The molecule has 0 unspecified atom stereocenters. The third-order valence-corrected chi connectivity index (χ3v) is 11.7. The molecule has 0 radical (unpaired) electrons. The summed E-state index contributed by atoms with van der Waals surface area (Å²) < 4.78 is 47.5. The normalized spacial score (nSPS) is 12.7. The molecule has 12 aromatic rings. The van der Waals surface area contributed by atoms with Gasteiger partial charge in [0.2, 0.25) is 0 Å². The minimum absolute atomic E-state index is 0.134. The van der Waals surface area contributed by atoms with Gasteiger partial charge in [-0.05, 0) is 112 Å². The van der Waals surface area contributed by atoms with Gasteiger partial charge in [-0.15, -0.1) is 0 Å². The van der Waals surface area contributed by atoms with Crippen LogP contribution in [-0.4, -0.2) is 4.57 Å². The molecular weight excluding hydrogens is 717 g/mol.